The molecule has 1 amide bonds. The third-order valence-electron chi connectivity index (χ3n) is 7.57. The summed E-state index contributed by atoms with van der Waals surface area (Å²) in [6.45, 7) is 9.86. The highest BCUT2D eigenvalue weighted by Crippen LogP contribution is 2.51. The molecule has 0 bridgehead atoms. The molecule has 4 heterocycles. The molecule has 1 atom stereocenters. The number of rotatable bonds is 2. The minimum Gasteiger partial charge on any atom is -0.444 e. The van der Waals surface area contributed by atoms with Gasteiger partial charge in [-0.25, -0.2) is 23.7 Å². The van der Waals surface area contributed by atoms with E-state index in [2.05, 4.69) is 15.1 Å². The van der Waals surface area contributed by atoms with Crippen molar-refractivity contribution in [2.45, 2.75) is 77.5 Å². The second kappa shape index (κ2) is 8.34. The van der Waals surface area contributed by atoms with Gasteiger partial charge in [-0.05, 0) is 84.1 Å². The normalized spacial score (nSPS) is 18.9. The summed E-state index contributed by atoms with van der Waals surface area (Å²) in [6.07, 6.45) is 5.93. The zero-order chi connectivity index (χ0) is 27.0. The predicted molar refractivity (Wildman–Crippen MR) is 141 cm³/mol. The number of fused-ring (bicyclic) bond motifs is 2. The standard InChI is InChI=1S/C28H31FN6O3/c1-16-10-21(32-35-14-17(2)31-24(16)35)18-11-20(29)23-22(12-18)30-15-33(25(23)36)19-6-9-34(28(13-19)7-8-28)26(37)38-27(3,4)5/h10-12,14-15,19H,6-9,13H2,1-5H3. The molecular weight excluding hydrogens is 487 g/mol. The SMILES string of the molecule is Cc1cn2nc(-c3cc(F)c4c(=O)n(C5CCN(C(=O)OC(C)(C)C)C6(CC6)C5)cnc4c3)cc(C)c2n1. The number of piperidine rings is 1. The first-order valence-electron chi connectivity index (χ1n) is 13.0. The summed E-state index contributed by atoms with van der Waals surface area (Å²) in [5.41, 5.74) is 2.62. The third kappa shape index (κ3) is 4.12. The number of halogens is 1. The predicted octanol–water partition coefficient (Wildman–Crippen LogP) is 4.97. The lowest BCUT2D eigenvalue weighted by atomic mass is 9.95. The summed E-state index contributed by atoms with van der Waals surface area (Å²) < 4.78 is 24.3. The van der Waals surface area contributed by atoms with Crippen LogP contribution in [0.5, 0.6) is 0 Å². The van der Waals surface area contributed by atoms with Crippen LogP contribution in [0.3, 0.4) is 0 Å². The number of aromatic nitrogens is 5. The Balaban J connectivity index is 1.32. The summed E-state index contributed by atoms with van der Waals surface area (Å²) in [5.74, 6) is -0.627. The maximum Gasteiger partial charge on any atom is 0.410 e. The Hall–Kier alpha value is -3.82. The number of amides is 1. The van der Waals surface area contributed by atoms with E-state index in [9.17, 15) is 9.59 Å². The molecule has 0 radical (unpaired) electrons. The van der Waals surface area contributed by atoms with E-state index in [-0.39, 0.29) is 28.6 Å². The molecule has 1 aromatic carbocycles. The fraction of sp³-hybridized carbons (Fsp3) is 0.464. The Kier molecular flexibility index (Phi) is 5.38. The quantitative estimate of drug-likeness (QED) is 0.372. The fourth-order valence-corrected chi connectivity index (χ4v) is 5.63. The van der Waals surface area contributed by atoms with Gasteiger partial charge in [0.25, 0.3) is 5.56 Å². The highest BCUT2D eigenvalue weighted by molar-refractivity contribution is 5.83. The van der Waals surface area contributed by atoms with Crippen LogP contribution in [0.1, 0.15) is 63.8 Å². The van der Waals surface area contributed by atoms with E-state index in [1.807, 2.05) is 51.8 Å². The van der Waals surface area contributed by atoms with E-state index >= 15 is 4.39 Å². The number of nitrogens with zero attached hydrogens (tertiary/aromatic N) is 6. The fourth-order valence-electron chi connectivity index (χ4n) is 5.63. The van der Waals surface area contributed by atoms with Crippen LogP contribution in [-0.2, 0) is 4.74 Å². The van der Waals surface area contributed by atoms with Crippen LogP contribution >= 0.6 is 0 Å². The second-order valence-electron chi connectivity index (χ2n) is 11.7. The van der Waals surface area contributed by atoms with Crippen molar-refractivity contribution in [2.24, 2.45) is 0 Å². The van der Waals surface area contributed by atoms with Crippen LogP contribution in [0.15, 0.2) is 35.5 Å². The molecular formula is C28H31FN6O3. The Morgan fingerprint density at radius 1 is 1.18 bits per heavy atom. The van der Waals surface area contributed by atoms with Gasteiger partial charge < -0.3 is 9.64 Å². The highest BCUT2D eigenvalue weighted by atomic mass is 19.1. The van der Waals surface area contributed by atoms with E-state index in [4.69, 9.17) is 4.74 Å². The van der Waals surface area contributed by atoms with E-state index in [1.165, 1.54) is 12.4 Å². The summed E-state index contributed by atoms with van der Waals surface area (Å²) in [7, 11) is 0. The van der Waals surface area contributed by atoms with Gasteiger partial charge in [-0.15, -0.1) is 0 Å². The first kappa shape index (κ1) is 24.5. The molecule has 1 aliphatic carbocycles. The van der Waals surface area contributed by atoms with Crippen molar-refractivity contribution in [3.05, 3.63) is 58.2 Å². The van der Waals surface area contributed by atoms with Crippen LogP contribution in [0, 0.1) is 19.7 Å². The Morgan fingerprint density at radius 3 is 2.66 bits per heavy atom. The van der Waals surface area contributed by atoms with Gasteiger partial charge in [-0.2, -0.15) is 5.10 Å². The minimum atomic E-state index is -0.627. The molecule has 3 aromatic heterocycles. The van der Waals surface area contributed by atoms with Crippen LogP contribution in [0.2, 0.25) is 0 Å². The lowest BCUT2D eigenvalue weighted by molar-refractivity contribution is 0.000453. The Bertz CT molecular complexity index is 1660. The molecule has 2 fully saturated rings. The van der Waals surface area contributed by atoms with Crippen molar-refractivity contribution in [1.82, 2.24) is 29.0 Å². The topological polar surface area (TPSA) is 94.6 Å². The first-order valence-corrected chi connectivity index (χ1v) is 13.0. The maximum absolute atomic E-state index is 15.5. The largest absolute Gasteiger partial charge is 0.444 e. The number of ether oxygens (including phenoxy) is 1. The number of likely N-dealkylation sites (tertiary alicyclic amines) is 1. The molecule has 1 spiro atoms. The van der Waals surface area contributed by atoms with Gasteiger partial charge in [-0.1, -0.05) is 0 Å². The number of carbonyl (C=O) groups excluding carboxylic acids is 1. The number of benzene rings is 1. The first-order chi connectivity index (χ1) is 17.9. The van der Waals surface area contributed by atoms with E-state index in [0.717, 1.165) is 29.7 Å². The number of aryl methyl sites for hydroxylation is 2. The number of imidazole rings is 1. The van der Waals surface area contributed by atoms with Crippen molar-refractivity contribution in [3.8, 4) is 11.3 Å². The van der Waals surface area contributed by atoms with Gasteiger partial charge in [-0.3, -0.25) is 9.36 Å². The van der Waals surface area contributed by atoms with Crippen LogP contribution in [0.4, 0.5) is 9.18 Å². The average Bonchev–Trinajstić information content (AvgIpc) is 3.46. The van der Waals surface area contributed by atoms with E-state index < -0.39 is 17.0 Å². The van der Waals surface area contributed by atoms with Crippen molar-refractivity contribution in [3.63, 3.8) is 0 Å². The smallest absolute Gasteiger partial charge is 0.410 e. The lowest BCUT2D eigenvalue weighted by Gasteiger charge is -2.41. The average molecular weight is 519 g/mol. The monoisotopic (exact) mass is 518 g/mol. The van der Waals surface area contributed by atoms with Gasteiger partial charge in [0, 0.05) is 23.7 Å². The molecule has 9 nitrogen and oxygen atoms in total. The Labute approximate surface area is 219 Å². The third-order valence-corrected chi connectivity index (χ3v) is 7.57. The summed E-state index contributed by atoms with van der Waals surface area (Å²) in [5, 5.41) is 4.55. The molecule has 1 aliphatic heterocycles. The van der Waals surface area contributed by atoms with E-state index in [0.29, 0.717) is 30.6 Å². The summed E-state index contributed by atoms with van der Waals surface area (Å²) >= 11 is 0. The molecule has 4 aromatic rings. The molecule has 6 rings (SSSR count). The van der Waals surface area contributed by atoms with Crippen molar-refractivity contribution in [2.75, 3.05) is 6.54 Å². The van der Waals surface area contributed by atoms with Crippen LogP contribution < -0.4 is 5.56 Å². The minimum absolute atomic E-state index is 0.0352. The van der Waals surface area contributed by atoms with E-state index in [1.54, 1.807) is 15.1 Å². The molecule has 2 aliphatic rings. The zero-order valence-corrected chi connectivity index (χ0v) is 22.3. The number of carbonyl (C=O) groups is 1. The van der Waals surface area contributed by atoms with Crippen molar-refractivity contribution >= 4 is 22.6 Å². The molecule has 1 unspecified atom stereocenters. The Morgan fingerprint density at radius 2 is 1.95 bits per heavy atom. The van der Waals surface area contributed by atoms with Crippen molar-refractivity contribution in [1.29, 1.82) is 0 Å². The van der Waals surface area contributed by atoms with Crippen molar-refractivity contribution < 1.29 is 13.9 Å². The van der Waals surface area contributed by atoms with Crippen LogP contribution in [0.25, 0.3) is 27.8 Å². The molecule has 10 heteroatoms. The maximum atomic E-state index is 15.5. The molecule has 1 saturated carbocycles. The zero-order valence-electron chi connectivity index (χ0n) is 22.3. The number of hydrogen-bond donors (Lipinski definition) is 0. The van der Waals surface area contributed by atoms with Gasteiger partial charge in [0.1, 0.15) is 16.8 Å². The van der Waals surface area contributed by atoms with Gasteiger partial charge in [0.15, 0.2) is 5.65 Å². The number of hydrogen-bond acceptors (Lipinski definition) is 6. The molecule has 38 heavy (non-hydrogen) atoms. The van der Waals surface area contributed by atoms with Gasteiger partial charge in [0.2, 0.25) is 0 Å². The lowest BCUT2D eigenvalue weighted by Crippen LogP contribution is -2.50. The molecule has 0 N–H and O–H groups in total. The van der Waals surface area contributed by atoms with Crippen LogP contribution in [-0.4, -0.2) is 52.8 Å². The summed E-state index contributed by atoms with van der Waals surface area (Å²) in [4.78, 5) is 37.1. The van der Waals surface area contributed by atoms with Gasteiger partial charge in [0.05, 0.1) is 29.4 Å². The second-order valence-corrected chi connectivity index (χ2v) is 11.7. The summed E-state index contributed by atoms with van der Waals surface area (Å²) in [6, 6.07) is 4.74. The molecule has 198 valence electrons. The van der Waals surface area contributed by atoms with Gasteiger partial charge >= 0.3 is 6.09 Å². The highest BCUT2D eigenvalue weighted by Gasteiger charge is 2.54. The molecule has 1 saturated heterocycles.